The summed E-state index contributed by atoms with van der Waals surface area (Å²) in [6, 6.07) is 3.51. The van der Waals surface area contributed by atoms with Gasteiger partial charge in [0.2, 0.25) is 0 Å². The van der Waals surface area contributed by atoms with Gasteiger partial charge in [-0.15, -0.1) is 0 Å². The highest BCUT2D eigenvalue weighted by Crippen LogP contribution is 2.38. The number of rotatable bonds is 1. The van der Waals surface area contributed by atoms with Crippen LogP contribution in [-0.4, -0.2) is 18.2 Å². The Morgan fingerprint density at radius 1 is 1.60 bits per heavy atom. The van der Waals surface area contributed by atoms with E-state index >= 15 is 0 Å². The van der Waals surface area contributed by atoms with Crippen molar-refractivity contribution in [2.24, 2.45) is 0 Å². The molecule has 0 spiro atoms. The van der Waals surface area contributed by atoms with Crippen molar-refractivity contribution in [3.63, 3.8) is 0 Å². The number of hydrogen-bond acceptors (Lipinski definition) is 3. The second-order valence-electron chi connectivity index (χ2n) is 3.53. The highest BCUT2D eigenvalue weighted by Gasteiger charge is 2.27. The molecule has 0 saturated heterocycles. The van der Waals surface area contributed by atoms with Crippen LogP contribution in [0.2, 0.25) is 0 Å². The molecule has 15 heavy (non-hydrogen) atoms. The number of carbonyl (C=O) groups excluding carboxylic acids is 1. The van der Waals surface area contributed by atoms with Gasteiger partial charge in [-0.3, -0.25) is 0 Å². The standard InChI is InChI=1S/C11H11BrO3/c1-15-11(14)7-2-4-8(12)10-6(7)3-5-9(10)13/h2,4,9,13H,3,5H2,1H3. The number of aliphatic hydroxyl groups is 1. The fourth-order valence-corrected chi connectivity index (χ4v) is 2.63. The van der Waals surface area contributed by atoms with Crippen LogP contribution in [0.5, 0.6) is 0 Å². The Balaban J connectivity index is 2.57. The normalized spacial score (nSPS) is 18.7. The smallest absolute Gasteiger partial charge is 0.338 e. The number of ether oxygens (including phenoxy) is 1. The van der Waals surface area contributed by atoms with Gasteiger partial charge in [0.15, 0.2) is 0 Å². The van der Waals surface area contributed by atoms with E-state index in [1.165, 1.54) is 7.11 Å². The number of halogens is 1. The fourth-order valence-electron chi connectivity index (χ4n) is 1.99. The summed E-state index contributed by atoms with van der Waals surface area (Å²) in [6.45, 7) is 0. The first-order valence-electron chi connectivity index (χ1n) is 4.72. The molecule has 0 heterocycles. The minimum Gasteiger partial charge on any atom is -0.465 e. The number of esters is 1. The molecule has 1 aromatic carbocycles. The zero-order valence-electron chi connectivity index (χ0n) is 8.29. The Hall–Kier alpha value is -0.870. The van der Waals surface area contributed by atoms with Crippen LogP contribution in [0.3, 0.4) is 0 Å². The zero-order valence-corrected chi connectivity index (χ0v) is 9.87. The van der Waals surface area contributed by atoms with Gasteiger partial charge < -0.3 is 9.84 Å². The van der Waals surface area contributed by atoms with Gasteiger partial charge in [-0.25, -0.2) is 4.79 Å². The van der Waals surface area contributed by atoms with Crippen LogP contribution in [0.25, 0.3) is 0 Å². The molecule has 80 valence electrons. The Bertz CT molecular complexity index is 415. The van der Waals surface area contributed by atoms with E-state index in [9.17, 15) is 9.90 Å². The molecule has 0 aromatic heterocycles. The summed E-state index contributed by atoms with van der Waals surface area (Å²) in [7, 11) is 1.36. The third-order valence-corrected chi connectivity index (χ3v) is 3.40. The lowest BCUT2D eigenvalue weighted by atomic mass is 10.0. The minimum absolute atomic E-state index is 0.340. The van der Waals surface area contributed by atoms with E-state index in [2.05, 4.69) is 15.9 Å². The first kappa shape index (κ1) is 10.6. The predicted molar refractivity (Wildman–Crippen MR) is 58.8 cm³/mol. The number of carbonyl (C=O) groups is 1. The van der Waals surface area contributed by atoms with E-state index in [0.717, 1.165) is 22.0 Å². The number of fused-ring (bicyclic) bond motifs is 1. The lowest BCUT2D eigenvalue weighted by molar-refractivity contribution is 0.0599. The molecule has 1 unspecified atom stereocenters. The molecule has 3 nitrogen and oxygen atoms in total. The molecule has 0 bridgehead atoms. The second-order valence-corrected chi connectivity index (χ2v) is 4.39. The molecule has 1 aliphatic carbocycles. The summed E-state index contributed by atoms with van der Waals surface area (Å²) in [5.41, 5.74) is 2.30. The van der Waals surface area contributed by atoms with E-state index in [1.54, 1.807) is 12.1 Å². The van der Waals surface area contributed by atoms with Crippen molar-refractivity contribution in [1.82, 2.24) is 0 Å². The van der Waals surface area contributed by atoms with E-state index < -0.39 is 6.10 Å². The van der Waals surface area contributed by atoms with Crippen molar-refractivity contribution in [2.45, 2.75) is 18.9 Å². The summed E-state index contributed by atoms with van der Waals surface area (Å²) >= 11 is 3.38. The van der Waals surface area contributed by atoms with Crippen molar-refractivity contribution in [2.75, 3.05) is 7.11 Å². The van der Waals surface area contributed by atoms with Crippen molar-refractivity contribution < 1.29 is 14.6 Å². The van der Waals surface area contributed by atoms with Crippen LogP contribution >= 0.6 is 15.9 Å². The first-order chi connectivity index (χ1) is 7.15. The summed E-state index contributed by atoms with van der Waals surface area (Å²) in [5.74, 6) is -0.340. The quantitative estimate of drug-likeness (QED) is 0.796. The van der Waals surface area contributed by atoms with Crippen LogP contribution in [0.15, 0.2) is 16.6 Å². The van der Waals surface area contributed by atoms with Crippen LogP contribution in [0.1, 0.15) is 34.0 Å². The lowest BCUT2D eigenvalue weighted by Crippen LogP contribution is -2.06. The second kappa shape index (κ2) is 3.94. The number of benzene rings is 1. The fraction of sp³-hybridized carbons (Fsp3) is 0.364. The predicted octanol–water partition coefficient (Wildman–Crippen LogP) is 2.22. The van der Waals surface area contributed by atoms with Gasteiger partial charge in [-0.1, -0.05) is 15.9 Å². The molecule has 0 radical (unpaired) electrons. The van der Waals surface area contributed by atoms with Gasteiger partial charge in [0.25, 0.3) is 0 Å². The Labute approximate surface area is 96.2 Å². The Morgan fingerprint density at radius 2 is 2.33 bits per heavy atom. The maximum absolute atomic E-state index is 11.5. The number of methoxy groups -OCH3 is 1. The van der Waals surface area contributed by atoms with E-state index in [4.69, 9.17) is 4.74 Å². The summed E-state index contributed by atoms with van der Waals surface area (Å²) in [4.78, 5) is 11.5. The highest BCUT2D eigenvalue weighted by atomic mass is 79.9. The van der Waals surface area contributed by atoms with Crippen molar-refractivity contribution in [1.29, 1.82) is 0 Å². The SMILES string of the molecule is COC(=O)c1ccc(Br)c2c1CCC2O. The van der Waals surface area contributed by atoms with Crippen molar-refractivity contribution in [3.8, 4) is 0 Å². The van der Waals surface area contributed by atoms with Crippen molar-refractivity contribution >= 4 is 21.9 Å². The van der Waals surface area contributed by atoms with Crippen LogP contribution in [0, 0.1) is 0 Å². The van der Waals surface area contributed by atoms with E-state index in [0.29, 0.717) is 12.0 Å². The summed E-state index contributed by atoms with van der Waals surface area (Å²) in [5, 5.41) is 9.76. The minimum atomic E-state index is -0.473. The van der Waals surface area contributed by atoms with Crippen LogP contribution in [0.4, 0.5) is 0 Å². The molecule has 1 N–H and O–H groups in total. The van der Waals surface area contributed by atoms with E-state index in [-0.39, 0.29) is 5.97 Å². The van der Waals surface area contributed by atoms with Gasteiger partial charge >= 0.3 is 5.97 Å². The molecule has 0 amide bonds. The zero-order chi connectivity index (χ0) is 11.0. The molecular formula is C11H11BrO3. The van der Waals surface area contributed by atoms with Gasteiger partial charge in [0.1, 0.15) is 0 Å². The van der Waals surface area contributed by atoms with Crippen LogP contribution < -0.4 is 0 Å². The molecule has 1 aromatic rings. The largest absolute Gasteiger partial charge is 0.465 e. The maximum Gasteiger partial charge on any atom is 0.338 e. The topological polar surface area (TPSA) is 46.5 Å². The number of hydrogen-bond donors (Lipinski definition) is 1. The van der Waals surface area contributed by atoms with Gasteiger partial charge in [-0.05, 0) is 36.1 Å². The molecule has 1 atom stereocenters. The van der Waals surface area contributed by atoms with Gasteiger partial charge in [-0.2, -0.15) is 0 Å². The Morgan fingerprint density at radius 3 is 3.00 bits per heavy atom. The van der Waals surface area contributed by atoms with E-state index in [1.807, 2.05) is 0 Å². The number of aliphatic hydroxyl groups excluding tert-OH is 1. The molecular weight excluding hydrogens is 260 g/mol. The summed E-state index contributed by atoms with van der Waals surface area (Å²) < 4.78 is 5.56. The van der Waals surface area contributed by atoms with Gasteiger partial charge in [0.05, 0.1) is 18.8 Å². The molecule has 0 saturated carbocycles. The third-order valence-electron chi connectivity index (χ3n) is 2.71. The maximum atomic E-state index is 11.5. The Kier molecular flexibility index (Phi) is 2.80. The van der Waals surface area contributed by atoms with Crippen LogP contribution in [-0.2, 0) is 11.2 Å². The third kappa shape index (κ3) is 1.68. The highest BCUT2D eigenvalue weighted by molar-refractivity contribution is 9.10. The molecule has 0 fully saturated rings. The van der Waals surface area contributed by atoms with Gasteiger partial charge in [0, 0.05) is 4.47 Å². The average Bonchev–Trinajstić information content (AvgIpc) is 2.61. The first-order valence-corrected chi connectivity index (χ1v) is 5.52. The summed E-state index contributed by atoms with van der Waals surface area (Å²) in [6.07, 6.45) is 0.918. The molecule has 4 heteroatoms. The molecule has 0 aliphatic heterocycles. The van der Waals surface area contributed by atoms with Crippen molar-refractivity contribution in [3.05, 3.63) is 33.3 Å². The monoisotopic (exact) mass is 270 g/mol. The lowest BCUT2D eigenvalue weighted by Gasteiger charge is -2.09. The molecule has 2 rings (SSSR count). The average molecular weight is 271 g/mol. The molecule has 1 aliphatic rings.